The minimum atomic E-state index is -3.92. The monoisotopic (exact) mass is 491 g/mol. The summed E-state index contributed by atoms with van der Waals surface area (Å²) < 4.78 is 28.8. The third-order valence-corrected chi connectivity index (χ3v) is 7.31. The number of fused-ring (bicyclic) bond motifs is 1. The summed E-state index contributed by atoms with van der Waals surface area (Å²) in [6.45, 7) is 6.29. The van der Waals surface area contributed by atoms with Crippen molar-refractivity contribution in [1.82, 2.24) is 10.0 Å². The number of carbonyl (C=O) groups is 2. The van der Waals surface area contributed by atoms with Crippen LogP contribution in [0.3, 0.4) is 0 Å². The predicted molar refractivity (Wildman–Crippen MR) is 130 cm³/mol. The van der Waals surface area contributed by atoms with Gasteiger partial charge < -0.3 is 10.2 Å². The molecule has 178 valence electrons. The summed E-state index contributed by atoms with van der Waals surface area (Å²) in [7, 11) is -3.92. The zero-order chi connectivity index (χ0) is 24.2. The lowest BCUT2D eigenvalue weighted by Crippen LogP contribution is -2.47. The molecule has 1 aliphatic heterocycles. The Kier molecular flexibility index (Phi) is 8.15. The van der Waals surface area contributed by atoms with Gasteiger partial charge in [-0.3, -0.25) is 9.59 Å². The standard InChI is InChI=1S/C24H30ClN3O4S/c1-16(2)14-22(24(30)26-12-10-18-4-6-20(25)7-5-18)27-33(31,32)21-8-9-23-19(15-21)11-13-28(23)17(3)29/h4-9,15-16,22,27H,10-14H2,1-3H3,(H,26,30)/t22-/m0/s1. The highest BCUT2D eigenvalue weighted by molar-refractivity contribution is 7.89. The van der Waals surface area contributed by atoms with E-state index in [0.717, 1.165) is 16.8 Å². The van der Waals surface area contributed by atoms with E-state index < -0.39 is 16.1 Å². The van der Waals surface area contributed by atoms with Crippen LogP contribution in [0.25, 0.3) is 0 Å². The number of benzene rings is 2. The summed E-state index contributed by atoms with van der Waals surface area (Å²) in [4.78, 5) is 26.3. The number of sulfonamides is 1. The number of hydrogen-bond acceptors (Lipinski definition) is 4. The zero-order valence-corrected chi connectivity index (χ0v) is 20.7. The number of nitrogens with one attached hydrogen (secondary N) is 2. The Morgan fingerprint density at radius 3 is 2.45 bits per heavy atom. The lowest BCUT2D eigenvalue weighted by atomic mass is 10.0. The van der Waals surface area contributed by atoms with Gasteiger partial charge in [-0.2, -0.15) is 4.72 Å². The van der Waals surface area contributed by atoms with E-state index in [0.29, 0.717) is 37.4 Å². The minimum absolute atomic E-state index is 0.0743. The van der Waals surface area contributed by atoms with Crippen LogP contribution in [0.1, 0.15) is 38.3 Å². The summed E-state index contributed by atoms with van der Waals surface area (Å²) in [6, 6.07) is 11.2. The highest BCUT2D eigenvalue weighted by Gasteiger charge is 2.29. The molecule has 2 amide bonds. The number of amides is 2. The number of nitrogens with zero attached hydrogens (tertiary/aromatic N) is 1. The largest absolute Gasteiger partial charge is 0.354 e. The van der Waals surface area contributed by atoms with Gasteiger partial charge in [-0.1, -0.05) is 37.6 Å². The van der Waals surface area contributed by atoms with Gasteiger partial charge in [0.1, 0.15) is 6.04 Å². The Morgan fingerprint density at radius 2 is 1.82 bits per heavy atom. The second-order valence-electron chi connectivity index (χ2n) is 8.68. The Labute approximate surface area is 200 Å². The predicted octanol–water partition coefficient (Wildman–Crippen LogP) is 3.30. The van der Waals surface area contributed by atoms with Gasteiger partial charge in [-0.25, -0.2) is 8.42 Å². The normalized spacial score (nSPS) is 14.3. The summed E-state index contributed by atoms with van der Waals surface area (Å²) in [5, 5.41) is 3.49. The molecule has 3 rings (SSSR count). The van der Waals surface area contributed by atoms with Gasteiger partial charge in [0.15, 0.2) is 0 Å². The summed E-state index contributed by atoms with van der Waals surface area (Å²) in [6.07, 6.45) is 1.58. The maximum absolute atomic E-state index is 13.1. The van der Waals surface area contributed by atoms with Gasteiger partial charge in [-0.15, -0.1) is 0 Å². The molecule has 0 saturated heterocycles. The number of halogens is 1. The molecule has 0 saturated carbocycles. The van der Waals surface area contributed by atoms with Gasteiger partial charge in [0.2, 0.25) is 21.8 Å². The fourth-order valence-electron chi connectivity index (χ4n) is 3.91. The van der Waals surface area contributed by atoms with Crippen molar-refractivity contribution in [2.75, 3.05) is 18.0 Å². The van der Waals surface area contributed by atoms with Crippen molar-refractivity contribution in [2.45, 2.75) is 51.0 Å². The Balaban J connectivity index is 1.69. The van der Waals surface area contributed by atoms with Gasteiger partial charge >= 0.3 is 0 Å². The van der Waals surface area contributed by atoms with E-state index in [9.17, 15) is 18.0 Å². The maximum Gasteiger partial charge on any atom is 0.241 e. The van der Waals surface area contributed by atoms with E-state index in [1.54, 1.807) is 29.2 Å². The quantitative estimate of drug-likeness (QED) is 0.562. The van der Waals surface area contributed by atoms with Crippen molar-refractivity contribution in [3.63, 3.8) is 0 Å². The molecule has 9 heteroatoms. The zero-order valence-electron chi connectivity index (χ0n) is 19.1. The van der Waals surface area contributed by atoms with Crippen molar-refractivity contribution in [3.8, 4) is 0 Å². The Morgan fingerprint density at radius 1 is 1.12 bits per heavy atom. The van der Waals surface area contributed by atoms with Gasteiger partial charge in [0.05, 0.1) is 4.90 Å². The molecule has 1 atom stereocenters. The van der Waals surface area contributed by atoms with E-state index in [1.165, 1.54) is 13.0 Å². The second kappa shape index (κ2) is 10.7. The molecule has 0 fully saturated rings. The highest BCUT2D eigenvalue weighted by Crippen LogP contribution is 2.30. The number of rotatable bonds is 9. The molecule has 2 aromatic rings. The first kappa shape index (κ1) is 25.2. The third-order valence-electron chi connectivity index (χ3n) is 5.58. The first-order valence-corrected chi connectivity index (χ1v) is 12.9. The van der Waals surface area contributed by atoms with Gasteiger partial charge in [-0.05, 0) is 66.6 Å². The highest BCUT2D eigenvalue weighted by atomic mass is 35.5. The SMILES string of the molecule is CC(=O)N1CCc2cc(S(=O)(=O)N[C@@H](CC(C)C)C(=O)NCCc3ccc(Cl)cc3)ccc21. The molecule has 0 aromatic heterocycles. The topological polar surface area (TPSA) is 95.6 Å². The summed E-state index contributed by atoms with van der Waals surface area (Å²) >= 11 is 5.90. The molecule has 0 bridgehead atoms. The summed E-state index contributed by atoms with van der Waals surface area (Å²) in [5.74, 6) is -0.316. The Bertz CT molecular complexity index is 1120. The van der Waals surface area contributed by atoms with Crippen LogP contribution in [0.2, 0.25) is 5.02 Å². The number of carbonyl (C=O) groups excluding carboxylic acids is 2. The van der Waals surface area contributed by atoms with E-state index in [1.807, 2.05) is 26.0 Å². The third kappa shape index (κ3) is 6.56. The average Bonchev–Trinajstić information content (AvgIpc) is 3.18. The number of hydrogen-bond donors (Lipinski definition) is 2. The molecule has 2 N–H and O–H groups in total. The first-order valence-electron chi connectivity index (χ1n) is 11.0. The van der Waals surface area contributed by atoms with E-state index in [2.05, 4.69) is 10.0 Å². The van der Waals surface area contributed by atoms with Crippen molar-refractivity contribution in [1.29, 1.82) is 0 Å². The smallest absolute Gasteiger partial charge is 0.241 e. The van der Waals surface area contributed by atoms with Crippen molar-refractivity contribution in [3.05, 3.63) is 58.6 Å². The van der Waals surface area contributed by atoms with E-state index in [-0.39, 0.29) is 22.6 Å². The average molecular weight is 492 g/mol. The van der Waals surface area contributed by atoms with Crippen LogP contribution in [0, 0.1) is 5.92 Å². The van der Waals surface area contributed by atoms with Crippen LogP contribution in [0.15, 0.2) is 47.4 Å². The van der Waals surface area contributed by atoms with Crippen LogP contribution in [0.4, 0.5) is 5.69 Å². The molecule has 7 nitrogen and oxygen atoms in total. The Hall–Kier alpha value is -2.42. The van der Waals surface area contributed by atoms with E-state index in [4.69, 9.17) is 11.6 Å². The molecule has 33 heavy (non-hydrogen) atoms. The van der Waals surface area contributed by atoms with Gasteiger partial charge in [0, 0.05) is 30.7 Å². The molecule has 0 unspecified atom stereocenters. The van der Waals surface area contributed by atoms with Crippen LogP contribution in [-0.2, 0) is 32.5 Å². The molecule has 1 heterocycles. The van der Waals surface area contributed by atoms with Crippen LogP contribution in [0.5, 0.6) is 0 Å². The fraction of sp³-hybridized carbons (Fsp3) is 0.417. The fourth-order valence-corrected chi connectivity index (χ4v) is 5.30. The lowest BCUT2D eigenvalue weighted by Gasteiger charge is -2.21. The molecule has 0 radical (unpaired) electrons. The van der Waals surface area contributed by atoms with Crippen LogP contribution in [-0.4, -0.2) is 39.4 Å². The van der Waals surface area contributed by atoms with Crippen molar-refractivity contribution in [2.24, 2.45) is 5.92 Å². The van der Waals surface area contributed by atoms with Crippen molar-refractivity contribution < 1.29 is 18.0 Å². The lowest BCUT2D eigenvalue weighted by molar-refractivity contribution is -0.123. The van der Waals surface area contributed by atoms with E-state index >= 15 is 0 Å². The van der Waals surface area contributed by atoms with Crippen LogP contribution < -0.4 is 14.9 Å². The van der Waals surface area contributed by atoms with Crippen LogP contribution >= 0.6 is 11.6 Å². The number of anilines is 1. The summed E-state index contributed by atoms with van der Waals surface area (Å²) in [5.41, 5.74) is 2.57. The van der Waals surface area contributed by atoms with Crippen molar-refractivity contribution >= 4 is 39.1 Å². The molecular weight excluding hydrogens is 462 g/mol. The molecule has 0 spiro atoms. The molecule has 0 aliphatic carbocycles. The first-order chi connectivity index (χ1) is 15.6. The van der Waals surface area contributed by atoms with Gasteiger partial charge in [0.25, 0.3) is 0 Å². The molecule has 1 aliphatic rings. The molecule has 2 aromatic carbocycles. The minimum Gasteiger partial charge on any atom is -0.354 e. The maximum atomic E-state index is 13.1. The molecular formula is C24H30ClN3O4S. The second-order valence-corrected chi connectivity index (χ2v) is 10.8.